The first-order valence-corrected chi connectivity index (χ1v) is 6.60. The average molecular weight is 319 g/mol. The second kappa shape index (κ2) is 6.64. The van der Waals surface area contributed by atoms with Crippen LogP contribution in [0.15, 0.2) is 30.3 Å². The SMILES string of the molecule is Cc1cc([N+](=O)[O-])nn1CCNC(=O)c1ccccc1[N+](=O)[O-]. The molecule has 0 saturated heterocycles. The van der Waals surface area contributed by atoms with Crippen molar-refractivity contribution in [3.05, 3.63) is 61.8 Å². The highest BCUT2D eigenvalue weighted by Crippen LogP contribution is 2.17. The summed E-state index contributed by atoms with van der Waals surface area (Å²) in [6.45, 7) is 2.00. The number of aromatic nitrogens is 2. The third kappa shape index (κ3) is 3.67. The van der Waals surface area contributed by atoms with Crippen molar-refractivity contribution in [2.24, 2.45) is 0 Å². The molecule has 120 valence electrons. The molecule has 1 amide bonds. The number of nitro groups is 2. The summed E-state index contributed by atoms with van der Waals surface area (Å²) in [5, 5.41) is 27.8. The van der Waals surface area contributed by atoms with Gasteiger partial charge in [-0.3, -0.25) is 14.9 Å². The van der Waals surface area contributed by atoms with E-state index in [9.17, 15) is 25.0 Å². The van der Waals surface area contributed by atoms with Gasteiger partial charge in [0, 0.05) is 12.6 Å². The molecule has 0 aliphatic rings. The highest BCUT2D eigenvalue weighted by molar-refractivity contribution is 5.98. The predicted octanol–water partition coefficient (Wildman–Crippen LogP) is 1.44. The van der Waals surface area contributed by atoms with Crippen LogP contribution in [0.4, 0.5) is 11.5 Å². The Bertz CT molecular complexity index is 770. The van der Waals surface area contributed by atoms with E-state index in [1.165, 1.54) is 35.0 Å². The van der Waals surface area contributed by atoms with E-state index in [-0.39, 0.29) is 30.2 Å². The topological polar surface area (TPSA) is 133 Å². The van der Waals surface area contributed by atoms with E-state index in [4.69, 9.17) is 0 Å². The van der Waals surface area contributed by atoms with Crippen LogP contribution in [0.25, 0.3) is 0 Å². The number of carbonyl (C=O) groups excluding carboxylic acids is 1. The van der Waals surface area contributed by atoms with E-state index in [2.05, 4.69) is 10.4 Å². The minimum Gasteiger partial charge on any atom is -0.358 e. The summed E-state index contributed by atoms with van der Waals surface area (Å²) in [5.74, 6) is -0.857. The van der Waals surface area contributed by atoms with Crippen molar-refractivity contribution in [2.45, 2.75) is 13.5 Å². The zero-order valence-corrected chi connectivity index (χ0v) is 12.1. The first-order valence-electron chi connectivity index (χ1n) is 6.60. The van der Waals surface area contributed by atoms with E-state index >= 15 is 0 Å². The van der Waals surface area contributed by atoms with Crippen LogP contribution in [-0.4, -0.2) is 32.1 Å². The summed E-state index contributed by atoms with van der Waals surface area (Å²) in [6.07, 6.45) is 0. The van der Waals surface area contributed by atoms with Gasteiger partial charge in [0.15, 0.2) is 0 Å². The van der Waals surface area contributed by atoms with Gasteiger partial charge in [-0.15, -0.1) is 0 Å². The Labute approximate surface area is 130 Å². The normalized spacial score (nSPS) is 10.3. The fraction of sp³-hybridized carbons (Fsp3) is 0.231. The van der Waals surface area contributed by atoms with E-state index in [1.807, 2.05) is 0 Å². The fourth-order valence-corrected chi connectivity index (χ4v) is 2.00. The average Bonchev–Trinajstić information content (AvgIpc) is 2.88. The van der Waals surface area contributed by atoms with E-state index in [1.54, 1.807) is 6.92 Å². The molecule has 0 aliphatic carbocycles. The van der Waals surface area contributed by atoms with Crippen LogP contribution in [0.3, 0.4) is 0 Å². The minimum absolute atomic E-state index is 0.0410. The maximum Gasteiger partial charge on any atom is 0.390 e. The number of aryl methyl sites for hydroxylation is 1. The third-order valence-electron chi connectivity index (χ3n) is 3.11. The molecule has 1 aromatic carbocycles. The van der Waals surface area contributed by atoms with Crippen molar-refractivity contribution in [2.75, 3.05) is 6.54 Å². The molecule has 2 aromatic rings. The summed E-state index contributed by atoms with van der Waals surface area (Å²) >= 11 is 0. The quantitative estimate of drug-likeness (QED) is 0.632. The molecule has 1 aromatic heterocycles. The molecule has 10 heteroatoms. The van der Waals surface area contributed by atoms with Crippen molar-refractivity contribution in [1.82, 2.24) is 15.1 Å². The van der Waals surface area contributed by atoms with Gasteiger partial charge in [-0.25, -0.2) is 0 Å². The smallest absolute Gasteiger partial charge is 0.358 e. The maximum absolute atomic E-state index is 12.0. The molecule has 0 atom stereocenters. The van der Waals surface area contributed by atoms with Gasteiger partial charge < -0.3 is 15.4 Å². The van der Waals surface area contributed by atoms with Crippen molar-refractivity contribution in [3.63, 3.8) is 0 Å². The lowest BCUT2D eigenvalue weighted by atomic mass is 10.1. The molecule has 1 heterocycles. The van der Waals surface area contributed by atoms with Gasteiger partial charge in [0.05, 0.1) is 28.3 Å². The molecule has 0 unspecified atom stereocenters. The molecule has 0 saturated carbocycles. The second-order valence-electron chi connectivity index (χ2n) is 4.65. The number of para-hydroxylation sites is 1. The molecule has 23 heavy (non-hydrogen) atoms. The Morgan fingerprint density at radius 3 is 2.57 bits per heavy atom. The Morgan fingerprint density at radius 1 is 1.26 bits per heavy atom. The van der Waals surface area contributed by atoms with Gasteiger partial charge >= 0.3 is 5.82 Å². The van der Waals surface area contributed by atoms with Crippen LogP contribution in [0.5, 0.6) is 0 Å². The molecule has 2 rings (SSSR count). The zero-order chi connectivity index (χ0) is 17.0. The molecule has 10 nitrogen and oxygen atoms in total. The summed E-state index contributed by atoms with van der Waals surface area (Å²) in [5.41, 5.74) is 0.258. The number of nitrogens with one attached hydrogen (secondary N) is 1. The fourth-order valence-electron chi connectivity index (χ4n) is 2.00. The largest absolute Gasteiger partial charge is 0.390 e. The van der Waals surface area contributed by atoms with Crippen LogP contribution in [0.2, 0.25) is 0 Å². The number of rotatable bonds is 6. The van der Waals surface area contributed by atoms with Crippen LogP contribution < -0.4 is 5.32 Å². The number of nitrogens with zero attached hydrogens (tertiary/aromatic N) is 4. The van der Waals surface area contributed by atoms with Crippen LogP contribution in [-0.2, 0) is 6.54 Å². The van der Waals surface area contributed by atoms with Crippen LogP contribution in [0, 0.1) is 27.2 Å². The van der Waals surface area contributed by atoms with Crippen molar-refractivity contribution in [3.8, 4) is 0 Å². The summed E-state index contributed by atoms with van der Waals surface area (Å²) < 4.78 is 1.39. The number of carbonyl (C=O) groups is 1. The number of amides is 1. The Kier molecular flexibility index (Phi) is 4.64. The van der Waals surface area contributed by atoms with Gasteiger partial charge in [0.2, 0.25) is 0 Å². The van der Waals surface area contributed by atoms with Crippen molar-refractivity contribution >= 4 is 17.4 Å². The standard InChI is InChI=1S/C13H13N5O5/c1-9-8-12(18(22)23)15-16(9)7-6-14-13(19)10-4-2-3-5-11(10)17(20)21/h2-5,8H,6-7H2,1H3,(H,14,19). The molecule has 1 N–H and O–H groups in total. The van der Waals surface area contributed by atoms with E-state index in [0.717, 1.165) is 0 Å². The minimum atomic E-state index is -0.629. The molecular weight excluding hydrogens is 306 g/mol. The lowest BCUT2D eigenvalue weighted by Gasteiger charge is -2.05. The molecule has 0 radical (unpaired) electrons. The number of hydrogen-bond acceptors (Lipinski definition) is 6. The molecule has 0 fully saturated rings. The van der Waals surface area contributed by atoms with Gasteiger partial charge in [-0.2, -0.15) is 4.68 Å². The number of hydrogen-bond donors (Lipinski definition) is 1. The predicted molar refractivity (Wildman–Crippen MR) is 79.0 cm³/mol. The zero-order valence-electron chi connectivity index (χ0n) is 12.1. The lowest BCUT2D eigenvalue weighted by Crippen LogP contribution is -2.28. The van der Waals surface area contributed by atoms with E-state index < -0.39 is 15.8 Å². The van der Waals surface area contributed by atoms with Crippen molar-refractivity contribution < 1.29 is 14.6 Å². The highest BCUT2D eigenvalue weighted by Gasteiger charge is 2.19. The Balaban J connectivity index is 2.01. The summed E-state index contributed by atoms with van der Waals surface area (Å²) in [7, 11) is 0. The third-order valence-corrected chi connectivity index (χ3v) is 3.11. The molecule has 0 spiro atoms. The molecule has 0 aliphatic heterocycles. The first-order chi connectivity index (χ1) is 10.9. The first kappa shape index (κ1) is 16.1. The van der Waals surface area contributed by atoms with Crippen LogP contribution in [0.1, 0.15) is 16.1 Å². The van der Waals surface area contributed by atoms with Gasteiger partial charge in [-0.05, 0) is 17.9 Å². The molecular formula is C13H13N5O5. The maximum atomic E-state index is 12.0. The number of nitro benzene ring substituents is 1. The highest BCUT2D eigenvalue weighted by atomic mass is 16.6. The van der Waals surface area contributed by atoms with Gasteiger partial charge in [0.1, 0.15) is 5.56 Å². The van der Waals surface area contributed by atoms with Crippen molar-refractivity contribution in [1.29, 1.82) is 0 Å². The lowest BCUT2D eigenvalue weighted by molar-refractivity contribution is -0.389. The Hall–Kier alpha value is -3.30. The summed E-state index contributed by atoms with van der Waals surface area (Å²) in [4.78, 5) is 32.3. The Morgan fingerprint density at radius 2 is 1.96 bits per heavy atom. The second-order valence-corrected chi connectivity index (χ2v) is 4.65. The monoisotopic (exact) mass is 319 g/mol. The van der Waals surface area contributed by atoms with E-state index in [0.29, 0.717) is 5.69 Å². The van der Waals surface area contributed by atoms with Gasteiger partial charge in [0.25, 0.3) is 11.6 Å². The van der Waals surface area contributed by atoms with Gasteiger partial charge in [-0.1, -0.05) is 12.1 Å². The number of benzene rings is 1. The summed E-state index contributed by atoms with van der Waals surface area (Å²) in [6, 6.07) is 6.93. The molecule has 0 bridgehead atoms. The van der Waals surface area contributed by atoms with Crippen LogP contribution >= 0.6 is 0 Å².